The van der Waals surface area contributed by atoms with E-state index in [2.05, 4.69) is 12.2 Å². The van der Waals surface area contributed by atoms with Crippen LogP contribution in [0.2, 0.25) is 0 Å². The Kier molecular flexibility index (Phi) is 14.2. The monoisotopic (exact) mass is 376 g/mol. The van der Waals surface area contributed by atoms with E-state index in [4.69, 9.17) is 10.5 Å². The first kappa shape index (κ1) is 23.3. The first-order valence-corrected chi connectivity index (χ1v) is 11.0. The molecule has 0 fully saturated rings. The highest BCUT2D eigenvalue weighted by Gasteiger charge is 2.03. The number of carbonyl (C=O) groups excluding carboxylic acids is 1. The van der Waals surface area contributed by atoms with Crippen molar-refractivity contribution in [2.75, 3.05) is 12.3 Å². The number of anilines is 1. The second kappa shape index (κ2) is 16.5. The van der Waals surface area contributed by atoms with Crippen LogP contribution in [-0.4, -0.2) is 12.6 Å². The van der Waals surface area contributed by atoms with Gasteiger partial charge in [-0.1, -0.05) is 90.4 Å². The molecule has 0 radical (unpaired) electrons. The lowest BCUT2D eigenvalue weighted by atomic mass is 10.0. The average Bonchev–Trinajstić information content (AvgIpc) is 2.66. The molecule has 0 atom stereocenters. The lowest BCUT2D eigenvalue weighted by molar-refractivity contribution is 0.200. The van der Waals surface area contributed by atoms with Gasteiger partial charge in [-0.2, -0.15) is 0 Å². The first-order valence-electron chi connectivity index (χ1n) is 11.0. The van der Waals surface area contributed by atoms with Gasteiger partial charge in [-0.25, -0.2) is 4.79 Å². The summed E-state index contributed by atoms with van der Waals surface area (Å²) < 4.78 is 5.18. The van der Waals surface area contributed by atoms with Crippen LogP contribution in [0.4, 0.5) is 10.5 Å². The lowest BCUT2D eigenvalue weighted by Gasteiger charge is -2.07. The standard InChI is InChI=1S/C23H40N2O2/c1-2-3-4-5-6-7-8-9-10-11-12-13-14-15-20-25-23(26)27-22-18-16-21(24)17-19-22/h16-19H,2-15,20,24H2,1H3,(H,25,26). The highest BCUT2D eigenvalue weighted by molar-refractivity contribution is 5.70. The van der Waals surface area contributed by atoms with Gasteiger partial charge in [0.1, 0.15) is 5.75 Å². The summed E-state index contributed by atoms with van der Waals surface area (Å²) in [4.78, 5) is 11.7. The number of rotatable bonds is 16. The van der Waals surface area contributed by atoms with E-state index in [-0.39, 0.29) is 0 Å². The van der Waals surface area contributed by atoms with Gasteiger partial charge in [0.15, 0.2) is 0 Å². The quantitative estimate of drug-likeness (QED) is 0.245. The smallest absolute Gasteiger partial charge is 0.410 e. The fourth-order valence-electron chi connectivity index (χ4n) is 3.19. The predicted octanol–water partition coefficient (Wildman–Crippen LogP) is 6.84. The molecule has 4 nitrogen and oxygen atoms in total. The molecule has 0 aromatic heterocycles. The van der Waals surface area contributed by atoms with Crippen molar-refractivity contribution in [2.24, 2.45) is 0 Å². The zero-order chi connectivity index (χ0) is 19.6. The van der Waals surface area contributed by atoms with Crippen LogP contribution in [0.5, 0.6) is 5.75 Å². The Hall–Kier alpha value is -1.71. The Morgan fingerprint density at radius 1 is 0.778 bits per heavy atom. The van der Waals surface area contributed by atoms with E-state index >= 15 is 0 Å². The maximum atomic E-state index is 11.7. The maximum absolute atomic E-state index is 11.7. The number of hydrogen-bond donors (Lipinski definition) is 2. The van der Waals surface area contributed by atoms with Gasteiger partial charge in [0.05, 0.1) is 0 Å². The molecular formula is C23H40N2O2. The summed E-state index contributed by atoms with van der Waals surface area (Å²) in [6.07, 6.45) is 18.3. The molecule has 3 N–H and O–H groups in total. The van der Waals surface area contributed by atoms with Crippen LogP contribution in [-0.2, 0) is 0 Å². The van der Waals surface area contributed by atoms with Gasteiger partial charge in [-0.3, -0.25) is 0 Å². The van der Waals surface area contributed by atoms with E-state index < -0.39 is 6.09 Å². The van der Waals surface area contributed by atoms with Crippen molar-refractivity contribution in [1.29, 1.82) is 0 Å². The Labute approximate surface area is 166 Å². The summed E-state index contributed by atoms with van der Waals surface area (Å²) in [6, 6.07) is 6.83. The minimum atomic E-state index is -0.394. The van der Waals surface area contributed by atoms with Gasteiger partial charge in [0.25, 0.3) is 0 Å². The van der Waals surface area contributed by atoms with Gasteiger partial charge in [0, 0.05) is 12.2 Å². The molecule has 1 aromatic carbocycles. The number of benzene rings is 1. The maximum Gasteiger partial charge on any atom is 0.412 e. The van der Waals surface area contributed by atoms with E-state index in [1.54, 1.807) is 24.3 Å². The molecule has 0 heterocycles. The Bertz CT molecular complexity index is 474. The summed E-state index contributed by atoms with van der Waals surface area (Å²) in [5, 5.41) is 2.80. The largest absolute Gasteiger partial charge is 0.412 e. The molecule has 0 unspecified atom stereocenters. The van der Waals surface area contributed by atoms with Gasteiger partial charge in [0.2, 0.25) is 0 Å². The van der Waals surface area contributed by atoms with Crippen LogP contribution in [0.25, 0.3) is 0 Å². The van der Waals surface area contributed by atoms with Crippen molar-refractivity contribution < 1.29 is 9.53 Å². The Morgan fingerprint density at radius 3 is 1.70 bits per heavy atom. The molecule has 0 bridgehead atoms. The minimum absolute atomic E-state index is 0.394. The normalized spacial score (nSPS) is 10.7. The summed E-state index contributed by atoms with van der Waals surface area (Å²) in [7, 11) is 0. The Balaban J connectivity index is 1.81. The van der Waals surface area contributed by atoms with E-state index in [0.29, 0.717) is 18.0 Å². The second-order valence-electron chi connectivity index (χ2n) is 7.48. The van der Waals surface area contributed by atoms with Gasteiger partial charge >= 0.3 is 6.09 Å². The summed E-state index contributed by atoms with van der Waals surface area (Å²) >= 11 is 0. The first-order chi connectivity index (χ1) is 13.2. The van der Waals surface area contributed by atoms with Gasteiger partial charge in [-0.15, -0.1) is 0 Å². The average molecular weight is 377 g/mol. The second-order valence-corrected chi connectivity index (χ2v) is 7.48. The SMILES string of the molecule is CCCCCCCCCCCCCCCCNC(=O)Oc1ccc(N)cc1. The third kappa shape index (κ3) is 14.1. The molecule has 0 saturated carbocycles. The number of nitrogens with one attached hydrogen (secondary N) is 1. The van der Waals surface area contributed by atoms with Crippen molar-refractivity contribution in [3.63, 3.8) is 0 Å². The van der Waals surface area contributed by atoms with E-state index in [1.165, 1.54) is 83.5 Å². The molecule has 0 saturated heterocycles. The molecule has 0 aliphatic heterocycles. The Morgan fingerprint density at radius 2 is 1.22 bits per heavy atom. The van der Waals surface area contributed by atoms with Crippen LogP contribution in [0.3, 0.4) is 0 Å². The van der Waals surface area contributed by atoms with Gasteiger partial charge < -0.3 is 15.8 Å². The highest BCUT2D eigenvalue weighted by Crippen LogP contribution is 2.14. The number of unbranched alkanes of at least 4 members (excludes halogenated alkanes) is 13. The van der Waals surface area contributed by atoms with Crippen LogP contribution in [0.15, 0.2) is 24.3 Å². The number of ether oxygens (including phenoxy) is 1. The highest BCUT2D eigenvalue weighted by atomic mass is 16.5. The number of nitrogen functional groups attached to an aromatic ring is 1. The van der Waals surface area contributed by atoms with E-state index in [9.17, 15) is 4.79 Å². The van der Waals surface area contributed by atoms with Gasteiger partial charge in [-0.05, 0) is 30.7 Å². The molecule has 1 amide bonds. The molecule has 0 spiro atoms. The van der Waals surface area contributed by atoms with Crippen LogP contribution in [0, 0.1) is 0 Å². The molecule has 4 heteroatoms. The molecular weight excluding hydrogens is 336 g/mol. The number of carbonyl (C=O) groups is 1. The molecule has 1 aromatic rings. The van der Waals surface area contributed by atoms with Crippen LogP contribution < -0.4 is 15.8 Å². The molecule has 27 heavy (non-hydrogen) atoms. The van der Waals surface area contributed by atoms with Crippen molar-refractivity contribution in [3.05, 3.63) is 24.3 Å². The van der Waals surface area contributed by atoms with E-state index in [0.717, 1.165) is 6.42 Å². The zero-order valence-electron chi connectivity index (χ0n) is 17.3. The van der Waals surface area contributed by atoms with Crippen LogP contribution >= 0.6 is 0 Å². The zero-order valence-corrected chi connectivity index (χ0v) is 17.3. The molecule has 154 valence electrons. The number of nitrogens with two attached hydrogens (primary N) is 1. The molecule has 0 aliphatic rings. The summed E-state index contributed by atoms with van der Waals surface area (Å²) in [6.45, 7) is 2.94. The van der Waals surface area contributed by atoms with E-state index in [1.807, 2.05) is 0 Å². The third-order valence-electron chi connectivity index (χ3n) is 4.89. The van der Waals surface area contributed by atoms with Crippen molar-refractivity contribution in [1.82, 2.24) is 5.32 Å². The topological polar surface area (TPSA) is 64.3 Å². The number of amides is 1. The third-order valence-corrected chi connectivity index (χ3v) is 4.89. The lowest BCUT2D eigenvalue weighted by Crippen LogP contribution is -2.27. The fraction of sp³-hybridized carbons (Fsp3) is 0.696. The summed E-state index contributed by atoms with van der Waals surface area (Å²) in [5.41, 5.74) is 6.26. The fourth-order valence-corrected chi connectivity index (χ4v) is 3.19. The van der Waals surface area contributed by atoms with Crippen LogP contribution in [0.1, 0.15) is 96.8 Å². The van der Waals surface area contributed by atoms with Crippen molar-refractivity contribution in [3.8, 4) is 5.75 Å². The van der Waals surface area contributed by atoms with Crippen molar-refractivity contribution in [2.45, 2.75) is 96.8 Å². The molecule has 1 rings (SSSR count). The summed E-state index contributed by atoms with van der Waals surface area (Å²) in [5.74, 6) is 0.516. The number of hydrogen-bond acceptors (Lipinski definition) is 3. The predicted molar refractivity (Wildman–Crippen MR) is 115 cm³/mol. The van der Waals surface area contributed by atoms with Crippen molar-refractivity contribution >= 4 is 11.8 Å². The molecule has 0 aliphatic carbocycles. The minimum Gasteiger partial charge on any atom is -0.410 e.